The molecule has 0 aliphatic heterocycles. The molecule has 2 nitrogen and oxygen atoms in total. The molecule has 0 saturated carbocycles. The van der Waals surface area contributed by atoms with Crippen molar-refractivity contribution in [1.82, 2.24) is 9.97 Å². The van der Waals surface area contributed by atoms with Gasteiger partial charge in [0.05, 0.1) is 11.2 Å². The predicted molar refractivity (Wildman–Crippen MR) is 218 cm³/mol. The van der Waals surface area contributed by atoms with Crippen LogP contribution in [0.15, 0.2) is 146 Å². The van der Waals surface area contributed by atoms with Gasteiger partial charge in [-0.25, -0.2) is 9.97 Å². The number of hydrogen-bond acceptors (Lipinski definition) is 3. The van der Waals surface area contributed by atoms with Gasteiger partial charge in [0.25, 0.3) is 0 Å². The summed E-state index contributed by atoms with van der Waals surface area (Å²) in [4.78, 5) is 10.3. The number of thiophene rings is 1. The van der Waals surface area contributed by atoms with Gasteiger partial charge in [0.15, 0.2) is 5.82 Å². The van der Waals surface area contributed by atoms with E-state index in [0.717, 1.165) is 39.1 Å². The maximum Gasteiger partial charge on any atom is 0.160 e. The standard InChI is InChI=1S/C48H36N2S/c1-47(2)38-25-24-37-42-34-18-12-11-13-29(34)21-26-41(42)51-45(37)43(38)35-22-19-32(27-39(35)48(47,3)4)33-20-23-36-40(28-33)49-46(31-16-9-6-10-17-31)50-44(36)30-14-7-5-8-15-30/h5-28H,1-4H3. The third-order valence-corrected chi connectivity index (χ3v) is 13.0. The Morgan fingerprint density at radius 2 is 1.16 bits per heavy atom. The fraction of sp³-hybridized carbons (Fsp3) is 0.125. The van der Waals surface area contributed by atoms with Gasteiger partial charge in [0, 0.05) is 42.2 Å². The summed E-state index contributed by atoms with van der Waals surface area (Å²) in [6.45, 7) is 9.71. The van der Waals surface area contributed by atoms with Crippen LogP contribution < -0.4 is 0 Å². The highest BCUT2D eigenvalue weighted by molar-refractivity contribution is 7.26. The second-order valence-electron chi connectivity index (χ2n) is 15.0. The van der Waals surface area contributed by atoms with Crippen molar-refractivity contribution < 1.29 is 0 Å². The Hall–Kier alpha value is -5.64. The minimum atomic E-state index is -0.109. The topological polar surface area (TPSA) is 25.8 Å². The van der Waals surface area contributed by atoms with Crippen LogP contribution in [0.1, 0.15) is 38.8 Å². The van der Waals surface area contributed by atoms with Crippen molar-refractivity contribution >= 4 is 53.2 Å². The van der Waals surface area contributed by atoms with Crippen molar-refractivity contribution in [2.24, 2.45) is 0 Å². The molecule has 0 fully saturated rings. The summed E-state index contributed by atoms with van der Waals surface area (Å²) in [5.41, 5.74) is 11.7. The first kappa shape index (κ1) is 30.2. The molecule has 0 unspecified atom stereocenters. The molecular formula is C48H36N2S. The van der Waals surface area contributed by atoms with Crippen molar-refractivity contribution in [3.63, 3.8) is 0 Å². The van der Waals surface area contributed by atoms with E-state index in [0.29, 0.717) is 0 Å². The van der Waals surface area contributed by atoms with Crippen molar-refractivity contribution in [2.75, 3.05) is 0 Å². The summed E-state index contributed by atoms with van der Waals surface area (Å²) in [6, 6.07) is 52.8. The highest BCUT2D eigenvalue weighted by Crippen LogP contribution is 2.57. The van der Waals surface area contributed by atoms with Crippen molar-refractivity contribution in [3.05, 3.63) is 157 Å². The zero-order valence-corrected chi connectivity index (χ0v) is 30.0. The van der Waals surface area contributed by atoms with Crippen LogP contribution in [0, 0.1) is 0 Å². The van der Waals surface area contributed by atoms with Crippen LogP contribution in [0.25, 0.3) is 86.7 Å². The monoisotopic (exact) mass is 672 g/mol. The van der Waals surface area contributed by atoms with Gasteiger partial charge in [-0.15, -0.1) is 11.3 Å². The van der Waals surface area contributed by atoms with E-state index >= 15 is 0 Å². The van der Waals surface area contributed by atoms with Crippen LogP contribution in [0.2, 0.25) is 0 Å². The second-order valence-corrected chi connectivity index (χ2v) is 16.0. The minimum Gasteiger partial charge on any atom is -0.228 e. The molecule has 2 heterocycles. The van der Waals surface area contributed by atoms with Crippen LogP contribution in [0.4, 0.5) is 0 Å². The summed E-state index contributed by atoms with van der Waals surface area (Å²) >= 11 is 1.94. The Kier molecular flexibility index (Phi) is 6.47. The average Bonchev–Trinajstić information content (AvgIpc) is 3.56. The predicted octanol–water partition coefficient (Wildman–Crippen LogP) is 13.4. The summed E-state index contributed by atoms with van der Waals surface area (Å²) in [5.74, 6) is 0.740. The molecule has 0 spiro atoms. The van der Waals surface area contributed by atoms with Crippen LogP contribution in [-0.2, 0) is 10.8 Å². The van der Waals surface area contributed by atoms with Crippen molar-refractivity contribution in [3.8, 4) is 44.9 Å². The first-order chi connectivity index (χ1) is 24.8. The highest BCUT2D eigenvalue weighted by Gasteiger charge is 2.46. The zero-order chi connectivity index (χ0) is 34.5. The third-order valence-electron chi connectivity index (χ3n) is 11.8. The smallest absolute Gasteiger partial charge is 0.160 e. The van der Waals surface area contributed by atoms with Gasteiger partial charge in [0.2, 0.25) is 0 Å². The molecule has 1 aliphatic rings. The summed E-state index contributed by atoms with van der Waals surface area (Å²) in [6.07, 6.45) is 0. The molecule has 0 N–H and O–H groups in total. The third kappa shape index (κ3) is 4.41. The molecule has 51 heavy (non-hydrogen) atoms. The first-order valence-corrected chi connectivity index (χ1v) is 18.6. The fourth-order valence-electron chi connectivity index (χ4n) is 8.37. The van der Waals surface area contributed by atoms with Gasteiger partial charge in [-0.1, -0.05) is 149 Å². The van der Waals surface area contributed by atoms with E-state index in [2.05, 4.69) is 149 Å². The largest absolute Gasteiger partial charge is 0.228 e. The Bertz CT molecular complexity index is 2850. The Balaban J connectivity index is 1.18. The molecule has 10 rings (SSSR count). The molecule has 0 saturated heterocycles. The molecule has 7 aromatic carbocycles. The SMILES string of the molecule is CC1(C)c2cc(-c3ccc4c(-c5ccccc5)nc(-c5ccccc5)nc4c3)ccc2-c2c(ccc3c2sc2ccc4ccccc4c23)C1(C)C. The molecule has 0 atom stereocenters. The van der Waals surface area contributed by atoms with Crippen LogP contribution >= 0.6 is 11.3 Å². The number of hydrogen-bond donors (Lipinski definition) is 0. The molecule has 2 aromatic heterocycles. The molecule has 0 bridgehead atoms. The molecule has 0 radical (unpaired) electrons. The Labute approximate surface area is 302 Å². The Morgan fingerprint density at radius 3 is 1.96 bits per heavy atom. The number of fused-ring (bicyclic) bond motifs is 10. The van der Waals surface area contributed by atoms with E-state index in [1.165, 1.54) is 58.8 Å². The van der Waals surface area contributed by atoms with E-state index in [9.17, 15) is 0 Å². The highest BCUT2D eigenvalue weighted by atomic mass is 32.1. The molecule has 9 aromatic rings. The minimum absolute atomic E-state index is 0.0911. The first-order valence-electron chi connectivity index (χ1n) is 17.7. The van der Waals surface area contributed by atoms with Gasteiger partial charge >= 0.3 is 0 Å². The van der Waals surface area contributed by atoms with E-state index in [4.69, 9.17) is 9.97 Å². The average molecular weight is 673 g/mol. The lowest BCUT2D eigenvalue weighted by Gasteiger charge is -2.48. The van der Waals surface area contributed by atoms with Gasteiger partial charge in [-0.05, 0) is 73.7 Å². The Morgan fingerprint density at radius 1 is 0.490 bits per heavy atom. The lowest BCUT2D eigenvalue weighted by atomic mass is 9.55. The van der Waals surface area contributed by atoms with E-state index in [-0.39, 0.29) is 10.8 Å². The number of benzene rings is 7. The number of aromatic nitrogens is 2. The van der Waals surface area contributed by atoms with Crippen molar-refractivity contribution in [2.45, 2.75) is 38.5 Å². The molecule has 3 heteroatoms. The quantitative estimate of drug-likeness (QED) is 0.187. The van der Waals surface area contributed by atoms with E-state index < -0.39 is 0 Å². The summed E-state index contributed by atoms with van der Waals surface area (Å²) in [5, 5.41) is 6.41. The number of nitrogens with zero attached hydrogens (tertiary/aromatic N) is 2. The van der Waals surface area contributed by atoms with Gasteiger partial charge in [-0.3, -0.25) is 0 Å². The lowest BCUT2D eigenvalue weighted by Crippen LogP contribution is -2.43. The van der Waals surface area contributed by atoms with Crippen molar-refractivity contribution in [1.29, 1.82) is 0 Å². The maximum atomic E-state index is 5.15. The van der Waals surface area contributed by atoms with E-state index in [1.54, 1.807) is 0 Å². The van der Waals surface area contributed by atoms with Gasteiger partial charge in [0.1, 0.15) is 0 Å². The summed E-state index contributed by atoms with van der Waals surface area (Å²) in [7, 11) is 0. The zero-order valence-electron chi connectivity index (χ0n) is 29.2. The molecular weight excluding hydrogens is 637 g/mol. The number of rotatable bonds is 3. The van der Waals surface area contributed by atoms with Crippen LogP contribution in [0.5, 0.6) is 0 Å². The van der Waals surface area contributed by atoms with Crippen LogP contribution in [0.3, 0.4) is 0 Å². The van der Waals surface area contributed by atoms with Crippen LogP contribution in [-0.4, -0.2) is 9.97 Å². The van der Waals surface area contributed by atoms with Gasteiger partial charge < -0.3 is 0 Å². The lowest BCUT2D eigenvalue weighted by molar-refractivity contribution is 0.299. The van der Waals surface area contributed by atoms with Gasteiger partial charge in [-0.2, -0.15) is 0 Å². The fourth-order valence-corrected chi connectivity index (χ4v) is 9.65. The normalized spacial score (nSPS) is 14.6. The second kappa shape index (κ2) is 10.9. The maximum absolute atomic E-state index is 5.15. The molecule has 1 aliphatic carbocycles. The molecule has 244 valence electrons. The van der Waals surface area contributed by atoms with E-state index in [1.807, 2.05) is 35.6 Å². The molecule has 0 amide bonds. The summed E-state index contributed by atoms with van der Waals surface area (Å²) < 4.78 is 2.74.